The Kier molecular flexibility index (Phi) is 3.38. The van der Waals surface area contributed by atoms with Crippen LogP contribution >= 0.6 is 27.3 Å². The molecule has 0 fully saturated rings. The van der Waals surface area contributed by atoms with Gasteiger partial charge in [0.1, 0.15) is 4.60 Å². The number of rotatable bonds is 3. The van der Waals surface area contributed by atoms with Gasteiger partial charge in [0, 0.05) is 17.6 Å². The van der Waals surface area contributed by atoms with Crippen LogP contribution < -0.4 is 5.32 Å². The van der Waals surface area contributed by atoms with Gasteiger partial charge in [0.05, 0.1) is 5.69 Å². The lowest BCUT2D eigenvalue weighted by molar-refractivity contribution is 1.14. The summed E-state index contributed by atoms with van der Waals surface area (Å²) in [6.45, 7) is 2.99. The summed E-state index contributed by atoms with van der Waals surface area (Å²) in [5.41, 5.74) is 2.37. The van der Waals surface area contributed by atoms with E-state index in [0.29, 0.717) is 0 Å². The quantitative estimate of drug-likeness (QED) is 0.866. The molecule has 0 atom stereocenters. The van der Waals surface area contributed by atoms with E-state index in [-0.39, 0.29) is 0 Å². The van der Waals surface area contributed by atoms with Crippen LogP contribution in [0.15, 0.2) is 34.4 Å². The van der Waals surface area contributed by atoms with Crippen molar-refractivity contribution >= 4 is 33.0 Å². The first kappa shape index (κ1) is 10.6. The monoisotopic (exact) mass is 282 g/mol. The first-order valence-electron chi connectivity index (χ1n) is 4.65. The Hall–Kier alpha value is -0.870. The van der Waals surface area contributed by atoms with Crippen LogP contribution in [-0.4, -0.2) is 4.98 Å². The molecule has 0 saturated carbocycles. The average Bonchev–Trinajstić information content (AvgIpc) is 2.63. The van der Waals surface area contributed by atoms with Crippen LogP contribution in [0.5, 0.6) is 0 Å². The highest BCUT2D eigenvalue weighted by atomic mass is 79.9. The van der Waals surface area contributed by atoms with Crippen molar-refractivity contribution in [3.8, 4) is 0 Å². The Bertz CT molecular complexity index is 453. The van der Waals surface area contributed by atoms with E-state index in [9.17, 15) is 0 Å². The maximum absolute atomic E-state index is 4.16. The molecule has 2 rings (SSSR count). The van der Waals surface area contributed by atoms with Gasteiger partial charge in [-0.25, -0.2) is 4.98 Å². The minimum absolute atomic E-state index is 0.855. The smallest absolute Gasteiger partial charge is 0.129 e. The molecule has 0 aromatic carbocycles. The lowest BCUT2D eigenvalue weighted by Gasteiger charge is -2.06. The number of halogens is 1. The predicted molar refractivity (Wildman–Crippen MR) is 68.3 cm³/mol. The molecule has 15 heavy (non-hydrogen) atoms. The molecule has 2 heterocycles. The fraction of sp³-hybridized carbons (Fsp3) is 0.182. The van der Waals surface area contributed by atoms with Gasteiger partial charge in [-0.15, -0.1) is 11.3 Å². The Labute approximate surface area is 101 Å². The predicted octanol–water partition coefficient (Wildman–Crippen LogP) is 3.83. The van der Waals surface area contributed by atoms with E-state index < -0.39 is 0 Å². The first-order chi connectivity index (χ1) is 7.27. The third-order valence-corrected chi connectivity index (χ3v) is 3.82. The molecule has 0 bridgehead atoms. The molecule has 4 heteroatoms. The second-order valence-corrected chi connectivity index (χ2v) is 4.97. The topological polar surface area (TPSA) is 24.9 Å². The highest BCUT2D eigenvalue weighted by Gasteiger charge is 2.02. The van der Waals surface area contributed by atoms with Gasteiger partial charge in [-0.05, 0) is 52.0 Å². The van der Waals surface area contributed by atoms with E-state index in [4.69, 9.17) is 0 Å². The van der Waals surface area contributed by atoms with E-state index >= 15 is 0 Å². The largest absolute Gasteiger partial charge is 0.378 e. The van der Waals surface area contributed by atoms with Crippen LogP contribution in [0.3, 0.4) is 0 Å². The number of anilines is 1. The van der Waals surface area contributed by atoms with Gasteiger partial charge in [0.25, 0.3) is 0 Å². The minimum Gasteiger partial charge on any atom is -0.378 e. The van der Waals surface area contributed by atoms with Crippen LogP contribution in [0, 0.1) is 6.92 Å². The van der Waals surface area contributed by atoms with Gasteiger partial charge in [-0.3, -0.25) is 0 Å². The van der Waals surface area contributed by atoms with Crippen molar-refractivity contribution in [2.24, 2.45) is 0 Å². The van der Waals surface area contributed by atoms with E-state index in [1.54, 1.807) is 17.5 Å². The summed E-state index contributed by atoms with van der Waals surface area (Å²) in [5, 5.41) is 5.47. The number of pyridine rings is 1. The molecule has 0 amide bonds. The zero-order valence-corrected chi connectivity index (χ0v) is 10.7. The molecule has 0 aliphatic rings. The van der Waals surface area contributed by atoms with Crippen LogP contribution in [0.25, 0.3) is 0 Å². The second kappa shape index (κ2) is 4.77. The first-order valence-corrected chi connectivity index (χ1v) is 6.32. The number of aryl methyl sites for hydroxylation is 1. The molecule has 0 unspecified atom stereocenters. The van der Waals surface area contributed by atoms with Crippen LogP contribution in [-0.2, 0) is 6.54 Å². The van der Waals surface area contributed by atoms with Crippen molar-refractivity contribution in [1.29, 1.82) is 0 Å². The maximum atomic E-state index is 4.16. The van der Waals surface area contributed by atoms with Gasteiger partial charge in [-0.2, -0.15) is 0 Å². The fourth-order valence-electron chi connectivity index (χ4n) is 1.28. The molecule has 2 aromatic rings. The molecule has 0 spiro atoms. The van der Waals surface area contributed by atoms with Crippen LogP contribution in [0.2, 0.25) is 0 Å². The zero-order valence-electron chi connectivity index (χ0n) is 8.33. The summed E-state index contributed by atoms with van der Waals surface area (Å²) < 4.78 is 0.860. The Morgan fingerprint density at radius 3 is 3.00 bits per heavy atom. The van der Waals surface area contributed by atoms with E-state index in [1.807, 2.05) is 12.1 Å². The van der Waals surface area contributed by atoms with Crippen molar-refractivity contribution in [3.05, 3.63) is 44.8 Å². The molecule has 0 radical (unpaired) electrons. The highest BCUT2D eigenvalue weighted by Crippen LogP contribution is 2.21. The van der Waals surface area contributed by atoms with Gasteiger partial charge in [-0.1, -0.05) is 0 Å². The average molecular weight is 283 g/mol. The van der Waals surface area contributed by atoms with Crippen molar-refractivity contribution in [2.75, 3.05) is 5.32 Å². The molecular formula is C11H11BrN2S. The Morgan fingerprint density at radius 2 is 2.33 bits per heavy atom. The lowest BCUT2D eigenvalue weighted by atomic mass is 10.3. The van der Waals surface area contributed by atoms with E-state index in [1.165, 1.54) is 10.4 Å². The number of hydrogen-bond acceptors (Lipinski definition) is 3. The standard InChI is InChI=1S/C11H11BrN2S/c1-8-4-6-15-10(8)7-14-9-3-2-5-13-11(9)12/h2-6,14H,7H2,1H3. The number of nitrogens with zero attached hydrogens (tertiary/aromatic N) is 1. The highest BCUT2D eigenvalue weighted by molar-refractivity contribution is 9.10. The molecular weight excluding hydrogens is 272 g/mol. The van der Waals surface area contributed by atoms with Crippen LogP contribution in [0.4, 0.5) is 5.69 Å². The number of hydrogen-bond donors (Lipinski definition) is 1. The van der Waals surface area contributed by atoms with Crippen molar-refractivity contribution < 1.29 is 0 Å². The number of thiophene rings is 1. The van der Waals surface area contributed by atoms with E-state index in [0.717, 1.165) is 16.8 Å². The third-order valence-electron chi connectivity index (χ3n) is 2.17. The molecule has 2 nitrogen and oxygen atoms in total. The summed E-state index contributed by atoms with van der Waals surface area (Å²) in [7, 11) is 0. The molecule has 0 saturated heterocycles. The number of aromatic nitrogens is 1. The zero-order chi connectivity index (χ0) is 10.7. The van der Waals surface area contributed by atoms with Crippen molar-refractivity contribution in [3.63, 3.8) is 0 Å². The third kappa shape index (κ3) is 2.58. The lowest BCUT2D eigenvalue weighted by Crippen LogP contribution is -1.99. The maximum Gasteiger partial charge on any atom is 0.129 e. The van der Waals surface area contributed by atoms with Crippen molar-refractivity contribution in [1.82, 2.24) is 4.98 Å². The van der Waals surface area contributed by atoms with E-state index in [2.05, 4.69) is 44.6 Å². The van der Waals surface area contributed by atoms with Gasteiger partial charge in [0.2, 0.25) is 0 Å². The van der Waals surface area contributed by atoms with Crippen molar-refractivity contribution in [2.45, 2.75) is 13.5 Å². The summed E-state index contributed by atoms with van der Waals surface area (Å²) in [5.74, 6) is 0. The summed E-state index contributed by atoms with van der Waals surface area (Å²) >= 11 is 5.19. The van der Waals surface area contributed by atoms with Gasteiger partial charge >= 0.3 is 0 Å². The summed E-state index contributed by atoms with van der Waals surface area (Å²) in [6, 6.07) is 6.08. The molecule has 78 valence electrons. The Balaban J connectivity index is 2.06. The Morgan fingerprint density at radius 1 is 1.47 bits per heavy atom. The fourth-order valence-corrected chi connectivity index (χ4v) is 2.52. The normalized spacial score (nSPS) is 10.3. The molecule has 0 aliphatic heterocycles. The van der Waals surface area contributed by atoms with Gasteiger partial charge in [0.15, 0.2) is 0 Å². The van der Waals surface area contributed by atoms with Crippen LogP contribution in [0.1, 0.15) is 10.4 Å². The summed E-state index contributed by atoms with van der Waals surface area (Å²) in [6.07, 6.45) is 1.77. The SMILES string of the molecule is Cc1ccsc1CNc1cccnc1Br. The number of nitrogens with one attached hydrogen (secondary N) is 1. The molecule has 1 N–H and O–H groups in total. The second-order valence-electron chi connectivity index (χ2n) is 3.22. The molecule has 0 aliphatic carbocycles. The van der Waals surface area contributed by atoms with Gasteiger partial charge < -0.3 is 5.32 Å². The molecule has 2 aromatic heterocycles. The summed E-state index contributed by atoms with van der Waals surface area (Å²) in [4.78, 5) is 5.53. The minimum atomic E-state index is 0.855.